The molecular weight excluding hydrogens is 476 g/mol. The average molecular weight is 495 g/mol. The fourth-order valence-corrected chi connectivity index (χ4v) is 4.17. The summed E-state index contributed by atoms with van der Waals surface area (Å²) in [6.45, 7) is 0.398. The van der Waals surface area contributed by atoms with Crippen LogP contribution in [0.25, 0.3) is 0 Å². The van der Waals surface area contributed by atoms with Crippen molar-refractivity contribution in [3.8, 4) is 6.07 Å². The van der Waals surface area contributed by atoms with Crippen molar-refractivity contribution >= 4 is 46.6 Å². The predicted octanol–water partition coefficient (Wildman–Crippen LogP) is 5.04. The minimum absolute atomic E-state index is 0.0523. The average Bonchev–Trinajstić information content (AvgIpc) is 2.84. The molecule has 0 aliphatic heterocycles. The second kappa shape index (κ2) is 11.8. The van der Waals surface area contributed by atoms with Crippen molar-refractivity contribution in [3.63, 3.8) is 0 Å². The molecule has 0 aliphatic carbocycles. The molecule has 0 unspecified atom stereocenters. The third-order valence-electron chi connectivity index (χ3n) is 4.76. The zero-order valence-electron chi connectivity index (χ0n) is 17.8. The molecule has 0 saturated heterocycles. The summed E-state index contributed by atoms with van der Waals surface area (Å²) in [4.78, 5) is 35.6. The molecule has 0 fully saturated rings. The summed E-state index contributed by atoms with van der Waals surface area (Å²) in [5.41, 5.74) is 1.96. The van der Waals surface area contributed by atoms with E-state index in [-0.39, 0.29) is 33.4 Å². The first-order valence-electron chi connectivity index (χ1n) is 10.1. The van der Waals surface area contributed by atoms with Crippen LogP contribution in [0.4, 0.5) is 11.4 Å². The molecule has 172 valence electrons. The van der Waals surface area contributed by atoms with Crippen molar-refractivity contribution in [2.75, 3.05) is 17.6 Å². The Morgan fingerprint density at radius 2 is 1.76 bits per heavy atom. The first-order valence-corrected chi connectivity index (χ1v) is 11.6. The van der Waals surface area contributed by atoms with Gasteiger partial charge in [-0.1, -0.05) is 41.9 Å². The van der Waals surface area contributed by atoms with Crippen LogP contribution in [0.1, 0.15) is 31.8 Å². The lowest BCUT2D eigenvalue weighted by Crippen LogP contribution is -2.27. The van der Waals surface area contributed by atoms with Gasteiger partial charge in [-0.05, 0) is 29.8 Å². The van der Waals surface area contributed by atoms with E-state index >= 15 is 0 Å². The van der Waals surface area contributed by atoms with Crippen molar-refractivity contribution in [2.45, 2.75) is 5.75 Å². The molecule has 2 amide bonds. The minimum Gasteiger partial charge on any atom is -0.351 e. The molecule has 10 heteroatoms. The van der Waals surface area contributed by atoms with Crippen molar-refractivity contribution < 1.29 is 14.5 Å². The maximum Gasteiger partial charge on any atom is 0.270 e. The van der Waals surface area contributed by atoms with Crippen molar-refractivity contribution in [1.82, 2.24) is 5.32 Å². The molecule has 34 heavy (non-hydrogen) atoms. The van der Waals surface area contributed by atoms with E-state index in [9.17, 15) is 19.7 Å². The maximum atomic E-state index is 12.7. The molecule has 0 bridgehead atoms. The van der Waals surface area contributed by atoms with E-state index in [1.54, 1.807) is 42.1 Å². The Kier molecular flexibility index (Phi) is 8.62. The maximum absolute atomic E-state index is 12.7. The normalized spacial score (nSPS) is 10.2. The van der Waals surface area contributed by atoms with E-state index in [0.29, 0.717) is 23.6 Å². The van der Waals surface area contributed by atoms with Gasteiger partial charge in [-0.3, -0.25) is 19.7 Å². The molecule has 3 aromatic carbocycles. The molecule has 3 aromatic rings. The standard InChI is InChI=1S/C24H19ClN4O4S/c25-21-13-18(29(32)33)9-10-19(21)24(31)28-22-8-4-3-7-20(22)23(30)27-11-12-34-15-17-6-2-1-5-16(17)14-26/h1-10,13H,11-12,15H2,(H,27,30)(H,28,31). The van der Waals surface area contributed by atoms with E-state index in [1.807, 2.05) is 18.2 Å². The summed E-state index contributed by atoms with van der Waals surface area (Å²) in [6.07, 6.45) is 0. The molecule has 0 heterocycles. The van der Waals surface area contributed by atoms with Crippen LogP contribution < -0.4 is 10.6 Å². The second-order valence-corrected chi connectivity index (χ2v) is 8.51. The number of non-ortho nitro benzene ring substituents is 1. The summed E-state index contributed by atoms with van der Waals surface area (Å²) in [7, 11) is 0. The number of carbonyl (C=O) groups is 2. The monoisotopic (exact) mass is 494 g/mol. The number of hydrogen-bond donors (Lipinski definition) is 2. The van der Waals surface area contributed by atoms with Gasteiger partial charge >= 0.3 is 0 Å². The van der Waals surface area contributed by atoms with Gasteiger partial charge in [-0.15, -0.1) is 0 Å². The second-order valence-electron chi connectivity index (χ2n) is 7.00. The Bertz CT molecular complexity index is 1280. The van der Waals surface area contributed by atoms with Gasteiger partial charge in [0, 0.05) is 30.2 Å². The highest BCUT2D eigenvalue weighted by Gasteiger charge is 2.18. The lowest BCUT2D eigenvalue weighted by atomic mass is 10.1. The first kappa shape index (κ1) is 24.8. The topological polar surface area (TPSA) is 125 Å². The number of carbonyl (C=O) groups excluding carboxylic acids is 2. The Balaban J connectivity index is 1.58. The summed E-state index contributed by atoms with van der Waals surface area (Å²) in [6, 6.07) is 19.6. The van der Waals surface area contributed by atoms with Gasteiger partial charge in [0.15, 0.2) is 0 Å². The molecule has 0 aliphatic rings. The third kappa shape index (κ3) is 6.34. The van der Waals surface area contributed by atoms with Crippen LogP contribution in [0.15, 0.2) is 66.7 Å². The number of amides is 2. The van der Waals surface area contributed by atoms with Gasteiger partial charge in [-0.2, -0.15) is 17.0 Å². The van der Waals surface area contributed by atoms with Crippen LogP contribution in [0.3, 0.4) is 0 Å². The number of thioether (sulfide) groups is 1. The third-order valence-corrected chi connectivity index (χ3v) is 6.08. The summed E-state index contributed by atoms with van der Waals surface area (Å²) in [5.74, 6) is 0.344. The number of para-hydroxylation sites is 1. The smallest absolute Gasteiger partial charge is 0.270 e. The Morgan fingerprint density at radius 1 is 1.03 bits per heavy atom. The van der Waals surface area contributed by atoms with Crippen LogP contribution in [-0.2, 0) is 5.75 Å². The zero-order chi connectivity index (χ0) is 24.5. The number of anilines is 1. The van der Waals surface area contributed by atoms with Gasteiger partial charge in [0.1, 0.15) is 0 Å². The highest BCUT2D eigenvalue weighted by Crippen LogP contribution is 2.24. The van der Waals surface area contributed by atoms with Gasteiger partial charge in [0.25, 0.3) is 17.5 Å². The molecule has 0 atom stereocenters. The van der Waals surface area contributed by atoms with E-state index in [1.165, 1.54) is 12.1 Å². The lowest BCUT2D eigenvalue weighted by Gasteiger charge is -2.12. The molecule has 0 radical (unpaired) electrons. The number of rotatable bonds is 9. The van der Waals surface area contributed by atoms with E-state index < -0.39 is 10.8 Å². The van der Waals surface area contributed by atoms with Crippen LogP contribution in [0, 0.1) is 21.4 Å². The van der Waals surface area contributed by atoms with Crippen LogP contribution in [0.2, 0.25) is 5.02 Å². The van der Waals surface area contributed by atoms with Gasteiger partial charge in [0.05, 0.1) is 38.4 Å². The fourth-order valence-electron chi connectivity index (χ4n) is 3.05. The number of benzene rings is 3. The highest BCUT2D eigenvalue weighted by atomic mass is 35.5. The molecule has 0 aromatic heterocycles. The van der Waals surface area contributed by atoms with Gasteiger partial charge in [-0.25, -0.2) is 0 Å². The van der Waals surface area contributed by atoms with Gasteiger partial charge < -0.3 is 10.6 Å². The molecule has 0 spiro atoms. The number of nitriles is 1. The Hall–Kier alpha value is -3.87. The molecular formula is C24H19ClN4O4S. The van der Waals surface area contributed by atoms with E-state index in [4.69, 9.17) is 16.9 Å². The number of nitrogens with zero attached hydrogens (tertiary/aromatic N) is 2. The van der Waals surface area contributed by atoms with Crippen molar-refractivity contribution in [3.05, 3.63) is 104 Å². The molecule has 8 nitrogen and oxygen atoms in total. The van der Waals surface area contributed by atoms with Crippen LogP contribution in [0.5, 0.6) is 0 Å². The number of halogens is 1. The Morgan fingerprint density at radius 3 is 2.50 bits per heavy atom. The molecule has 2 N–H and O–H groups in total. The zero-order valence-corrected chi connectivity index (χ0v) is 19.4. The van der Waals surface area contributed by atoms with Crippen LogP contribution in [-0.4, -0.2) is 29.0 Å². The highest BCUT2D eigenvalue weighted by molar-refractivity contribution is 7.98. The van der Waals surface area contributed by atoms with Crippen molar-refractivity contribution in [1.29, 1.82) is 5.26 Å². The predicted molar refractivity (Wildman–Crippen MR) is 132 cm³/mol. The summed E-state index contributed by atoms with van der Waals surface area (Å²) < 4.78 is 0. The summed E-state index contributed by atoms with van der Waals surface area (Å²) >= 11 is 7.63. The number of nitro groups is 1. The SMILES string of the molecule is N#Cc1ccccc1CSCCNC(=O)c1ccccc1NC(=O)c1ccc([N+](=O)[O-])cc1Cl. The molecule has 0 saturated carbocycles. The van der Waals surface area contributed by atoms with Gasteiger partial charge in [0.2, 0.25) is 0 Å². The summed E-state index contributed by atoms with van der Waals surface area (Å²) in [5, 5.41) is 25.4. The minimum atomic E-state index is -0.603. The van der Waals surface area contributed by atoms with Crippen molar-refractivity contribution in [2.24, 2.45) is 0 Å². The fraction of sp³-hybridized carbons (Fsp3) is 0.125. The molecule has 3 rings (SSSR count). The largest absolute Gasteiger partial charge is 0.351 e. The van der Waals surface area contributed by atoms with Crippen LogP contribution >= 0.6 is 23.4 Å². The number of nitrogens with one attached hydrogen (secondary N) is 2. The lowest BCUT2D eigenvalue weighted by molar-refractivity contribution is -0.384. The number of nitro benzene ring substituents is 1. The Labute approximate surface area is 205 Å². The number of hydrogen-bond acceptors (Lipinski definition) is 6. The van der Waals surface area contributed by atoms with E-state index in [0.717, 1.165) is 11.6 Å². The first-order chi connectivity index (χ1) is 16.4. The van der Waals surface area contributed by atoms with E-state index in [2.05, 4.69) is 16.7 Å². The quantitative estimate of drug-likeness (QED) is 0.244.